The van der Waals surface area contributed by atoms with E-state index in [9.17, 15) is 0 Å². The molecule has 1 aliphatic rings. The van der Waals surface area contributed by atoms with Crippen molar-refractivity contribution in [3.8, 4) is 0 Å². The van der Waals surface area contributed by atoms with Crippen molar-refractivity contribution < 1.29 is 0 Å². The lowest BCUT2D eigenvalue weighted by Crippen LogP contribution is -2.36. The minimum Gasteiger partial charge on any atom is -0.314 e. The molecular weight excluding hydrogens is 226 g/mol. The lowest BCUT2D eigenvalue weighted by Gasteiger charge is -2.31. The van der Waals surface area contributed by atoms with Crippen molar-refractivity contribution in [1.29, 1.82) is 0 Å². The molecule has 1 aromatic rings. The number of fused-ring (bicyclic) bond motifs is 1. The van der Waals surface area contributed by atoms with Gasteiger partial charge in [-0.15, -0.1) is 17.9 Å². The van der Waals surface area contributed by atoms with Gasteiger partial charge in [-0.05, 0) is 55.7 Å². The van der Waals surface area contributed by atoms with Crippen LogP contribution in [0.2, 0.25) is 0 Å². The van der Waals surface area contributed by atoms with Gasteiger partial charge in [0.1, 0.15) is 0 Å². The lowest BCUT2D eigenvalue weighted by atomic mass is 9.81. The Morgan fingerprint density at radius 1 is 1.65 bits per heavy atom. The average Bonchev–Trinajstić information content (AvgIpc) is 2.82. The molecule has 94 valence electrons. The summed E-state index contributed by atoms with van der Waals surface area (Å²) in [6.45, 7) is 7.12. The summed E-state index contributed by atoms with van der Waals surface area (Å²) in [7, 11) is 0. The van der Waals surface area contributed by atoms with Gasteiger partial charge in [-0.1, -0.05) is 13.0 Å². The molecule has 0 saturated heterocycles. The fourth-order valence-electron chi connectivity index (χ4n) is 2.95. The molecule has 0 radical (unpaired) electrons. The van der Waals surface area contributed by atoms with E-state index in [0.717, 1.165) is 18.9 Å². The molecule has 1 nitrogen and oxygen atoms in total. The third kappa shape index (κ3) is 2.99. The zero-order valence-corrected chi connectivity index (χ0v) is 11.6. The number of allylic oxidation sites excluding steroid dienone is 1. The van der Waals surface area contributed by atoms with Gasteiger partial charge in [0.2, 0.25) is 0 Å². The quantitative estimate of drug-likeness (QED) is 0.748. The Bertz CT molecular complexity index is 356. The second-order valence-electron chi connectivity index (χ2n) is 4.83. The topological polar surface area (TPSA) is 12.0 Å². The maximum Gasteiger partial charge on any atom is 0.0139 e. The minimum absolute atomic E-state index is 0.631. The van der Waals surface area contributed by atoms with E-state index in [1.165, 1.54) is 25.7 Å². The van der Waals surface area contributed by atoms with Crippen molar-refractivity contribution >= 4 is 11.3 Å². The smallest absolute Gasteiger partial charge is 0.0139 e. The van der Waals surface area contributed by atoms with E-state index in [0.29, 0.717) is 6.04 Å². The molecule has 1 aliphatic carbocycles. The summed E-state index contributed by atoms with van der Waals surface area (Å²) >= 11 is 1.94. The van der Waals surface area contributed by atoms with Crippen LogP contribution in [0.5, 0.6) is 0 Å². The average molecular weight is 249 g/mol. The zero-order chi connectivity index (χ0) is 12.1. The van der Waals surface area contributed by atoms with Crippen LogP contribution in [0.25, 0.3) is 0 Å². The highest BCUT2D eigenvalue weighted by atomic mass is 32.1. The number of rotatable bonds is 6. The number of hydrogen-bond acceptors (Lipinski definition) is 2. The Labute approximate surface area is 109 Å². The van der Waals surface area contributed by atoms with Gasteiger partial charge in [0.05, 0.1) is 0 Å². The van der Waals surface area contributed by atoms with Crippen LogP contribution in [-0.2, 0) is 6.42 Å². The molecule has 0 bridgehead atoms. The van der Waals surface area contributed by atoms with Crippen molar-refractivity contribution in [2.45, 2.75) is 51.0 Å². The van der Waals surface area contributed by atoms with Crippen molar-refractivity contribution in [3.05, 3.63) is 34.5 Å². The fourth-order valence-corrected chi connectivity index (χ4v) is 3.94. The van der Waals surface area contributed by atoms with Crippen LogP contribution in [0.1, 0.15) is 49.0 Å². The lowest BCUT2D eigenvalue weighted by molar-refractivity contribution is 0.383. The van der Waals surface area contributed by atoms with Crippen LogP contribution in [0.15, 0.2) is 24.1 Å². The van der Waals surface area contributed by atoms with Crippen LogP contribution < -0.4 is 5.32 Å². The summed E-state index contributed by atoms with van der Waals surface area (Å²) in [4.78, 5) is 1.63. The molecule has 0 aromatic carbocycles. The zero-order valence-electron chi connectivity index (χ0n) is 10.7. The number of likely N-dealkylation sites (N-methyl/N-ethyl adjacent to an activating group) is 1. The molecule has 0 saturated carbocycles. The second kappa shape index (κ2) is 6.36. The third-order valence-electron chi connectivity index (χ3n) is 3.73. The predicted molar refractivity (Wildman–Crippen MR) is 76.9 cm³/mol. The number of hydrogen-bond donors (Lipinski definition) is 1. The van der Waals surface area contributed by atoms with Gasteiger partial charge in [0.15, 0.2) is 0 Å². The maximum atomic E-state index is 3.85. The normalized spacial score (nSPS) is 20.9. The summed E-state index contributed by atoms with van der Waals surface area (Å²) < 4.78 is 0. The molecule has 1 aromatic heterocycles. The monoisotopic (exact) mass is 249 g/mol. The second-order valence-corrected chi connectivity index (χ2v) is 5.83. The van der Waals surface area contributed by atoms with E-state index in [1.807, 2.05) is 17.4 Å². The summed E-state index contributed by atoms with van der Waals surface area (Å²) in [6.07, 6.45) is 8.38. The Morgan fingerprint density at radius 2 is 2.53 bits per heavy atom. The van der Waals surface area contributed by atoms with Crippen LogP contribution in [0, 0.1) is 0 Å². The van der Waals surface area contributed by atoms with Gasteiger partial charge in [-0.25, -0.2) is 0 Å². The van der Waals surface area contributed by atoms with E-state index in [4.69, 9.17) is 0 Å². The van der Waals surface area contributed by atoms with E-state index in [-0.39, 0.29) is 0 Å². The number of aryl methyl sites for hydroxylation is 1. The Kier molecular flexibility index (Phi) is 4.81. The van der Waals surface area contributed by atoms with Crippen molar-refractivity contribution in [2.24, 2.45) is 0 Å². The molecular formula is C15H23NS. The molecule has 0 spiro atoms. The van der Waals surface area contributed by atoms with Gasteiger partial charge in [-0.3, -0.25) is 0 Å². The van der Waals surface area contributed by atoms with Crippen LogP contribution in [0.4, 0.5) is 0 Å². The summed E-state index contributed by atoms with van der Waals surface area (Å²) in [5.74, 6) is 0.727. The Balaban J connectivity index is 2.11. The highest BCUT2D eigenvalue weighted by Crippen LogP contribution is 2.38. The van der Waals surface area contributed by atoms with E-state index in [1.54, 1.807) is 10.4 Å². The molecule has 2 rings (SSSR count). The van der Waals surface area contributed by atoms with E-state index >= 15 is 0 Å². The molecule has 0 fully saturated rings. The molecule has 2 heteroatoms. The Morgan fingerprint density at radius 3 is 3.29 bits per heavy atom. The highest BCUT2D eigenvalue weighted by Gasteiger charge is 2.27. The summed E-state index contributed by atoms with van der Waals surface area (Å²) in [5.41, 5.74) is 1.62. The van der Waals surface area contributed by atoms with Gasteiger partial charge >= 0.3 is 0 Å². The van der Waals surface area contributed by atoms with Crippen LogP contribution in [-0.4, -0.2) is 12.6 Å². The van der Waals surface area contributed by atoms with E-state index in [2.05, 4.69) is 30.3 Å². The predicted octanol–water partition coefficient (Wildman–Crippen LogP) is 4.11. The third-order valence-corrected chi connectivity index (χ3v) is 4.73. The Hall–Kier alpha value is -0.600. The van der Waals surface area contributed by atoms with Gasteiger partial charge in [0, 0.05) is 16.8 Å². The maximum absolute atomic E-state index is 3.85. The first-order valence-electron chi connectivity index (χ1n) is 6.77. The largest absolute Gasteiger partial charge is 0.314 e. The first-order valence-corrected chi connectivity index (χ1v) is 7.65. The van der Waals surface area contributed by atoms with Crippen molar-refractivity contribution in [2.75, 3.05) is 6.54 Å². The molecule has 1 N–H and O–H groups in total. The molecule has 0 aliphatic heterocycles. The highest BCUT2D eigenvalue weighted by molar-refractivity contribution is 7.10. The molecule has 17 heavy (non-hydrogen) atoms. The van der Waals surface area contributed by atoms with Crippen LogP contribution >= 0.6 is 11.3 Å². The van der Waals surface area contributed by atoms with Crippen LogP contribution in [0.3, 0.4) is 0 Å². The van der Waals surface area contributed by atoms with E-state index < -0.39 is 0 Å². The van der Waals surface area contributed by atoms with Gasteiger partial charge in [0.25, 0.3) is 0 Å². The van der Waals surface area contributed by atoms with Gasteiger partial charge in [-0.2, -0.15) is 0 Å². The number of nitrogens with one attached hydrogen (secondary N) is 1. The molecule has 0 amide bonds. The first kappa shape index (κ1) is 12.8. The minimum atomic E-state index is 0.631. The number of thiophene rings is 1. The molecule has 2 unspecified atom stereocenters. The van der Waals surface area contributed by atoms with Crippen molar-refractivity contribution in [3.63, 3.8) is 0 Å². The molecule has 1 heterocycles. The summed E-state index contributed by atoms with van der Waals surface area (Å²) in [5, 5.41) is 5.94. The fraction of sp³-hybridized carbons (Fsp3) is 0.600. The van der Waals surface area contributed by atoms with Gasteiger partial charge < -0.3 is 5.32 Å². The SMILES string of the molecule is C=CCCC(NCC)C1CCCc2sccc21. The summed E-state index contributed by atoms with van der Waals surface area (Å²) in [6, 6.07) is 2.98. The molecule has 2 atom stereocenters. The first-order chi connectivity index (χ1) is 8.36. The van der Waals surface area contributed by atoms with Crippen molar-refractivity contribution in [1.82, 2.24) is 5.32 Å². The standard InChI is InChI=1S/C15H23NS/c1-3-5-8-14(16-4-2)12-7-6-9-15-13(12)10-11-17-15/h3,10-12,14,16H,1,4-9H2,2H3.